The zero-order chi connectivity index (χ0) is 20.2. The number of para-hydroxylation sites is 1. The molecule has 0 bridgehead atoms. The van der Waals surface area contributed by atoms with Crippen LogP contribution in [0.3, 0.4) is 0 Å². The molecule has 1 amide bonds. The highest BCUT2D eigenvalue weighted by Gasteiger charge is 2.25. The van der Waals surface area contributed by atoms with E-state index in [0.29, 0.717) is 11.1 Å². The molecule has 2 rings (SSSR count). The largest absolute Gasteiger partial charge is 0.467 e. The fraction of sp³-hybridized carbons (Fsp3) is 0.421. The van der Waals surface area contributed by atoms with Crippen LogP contribution in [0.25, 0.3) is 10.9 Å². The van der Waals surface area contributed by atoms with Crippen LogP contribution in [-0.4, -0.2) is 53.0 Å². The second-order valence-electron chi connectivity index (χ2n) is 7.03. The minimum Gasteiger partial charge on any atom is -0.467 e. The van der Waals surface area contributed by atoms with Gasteiger partial charge >= 0.3 is 12.1 Å². The number of fused-ring (bicyclic) bond motifs is 1. The van der Waals surface area contributed by atoms with Crippen molar-refractivity contribution in [3.05, 3.63) is 36.0 Å². The summed E-state index contributed by atoms with van der Waals surface area (Å²) < 4.78 is 11.5. The molecule has 0 aliphatic carbocycles. The maximum atomic E-state index is 12.5. The number of benzene rings is 1. The van der Waals surface area contributed by atoms with Crippen molar-refractivity contribution in [2.24, 2.45) is 0 Å². The van der Waals surface area contributed by atoms with Crippen LogP contribution in [0.1, 0.15) is 26.3 Å². The van der Waals surface area contributed by atoms with Crippen molar-refractivity contribution < 1.29 is 29.0 Å². The van der Waals surface area contributed by atoms with E-state index in [9.17, 15) is 14.4 Å². The minimum atomic E-state index is -0.993. The number of ether oxygens (including phenoxy) is 2. The molecule has 0 radical (unpaired) electrons. The summed E-state index contributed by atoms with van der Waals surface area (Å²) in [4.78, 5) is 36.1. The minimum absolute atomic E-state index is 0.0920. The first kappa shape index (κ1) is 20.4. The zero-order valence-corrected chi connectivity index (χ0v) is 15.8. The molecule has 1 aromatic heterocycles. The van der Waals surface area contributed by atoms with Crippen LogP contribution in [0.2, 0.25) is 0 Å². The maximum Gasteiger partial charge on any atom is 0.419 e. The number of carbonyl (C=O) groups is 3. The Balaban J connectivity index is 2.41. The molecule has 0 saturated carbocycles. The number of aliphatic hydroxyl groups is 1. The third-order valence-corrected chi connectivity index (χ3v) is 3.77. The molecule has 1 aromatic carbocycles. The average Bonchev–Trinajstić information content (AvgIpc) is 2.97. The lowest BCUT2D eigenvalue weighted by molar-refractivity contribution is -0.145. The molecule has 2 aromatic rings. The normalized spacial score (nSPS) is 12.5. The average molecular weight is 376 g/mol. The van der Waals surface area contributed by atoms with Gasteiger partial charge in [-0.15, -0.1) is 0 Å². The Morgan fingerprint density at radius 3 is 2.48 bits per heavy atom. The van der Waals surface area contributed by atoms with Gasteiger partial charge in [0.05, 0.1) is 12.6 Å². The molecule has 0 spiro atoms. The standard InChI is InChI=1S/C19H24N2O6/c1-19(2,3)27-18(25)21-10-12(13-7-5-6-8-15(13)21)9-14(17(24)26-4)20-16(23)11-22/h5-8,10,14,22H,9,11H2,1-4H3,(H,20,23)/t14-/m0/s1. The van der Waals surface area contributed by atoms with Gasteiger partial charge in [-0.25, -0.2) is 9.59 Å². The molecular weight excluding hydrogens is 352 g/mol. The molecule has 0 fully saturated rings. The topological polar surface area (TPSA) is 107 Å². The second kappa shape index (κ2) is 8.22. The van der Waals surface area contributed by atoms with Crippen molar-refractivity contribution in [3.8, 4) is 0 Å². The zero-order valence-electron chi connectivity index (χ0n) is 15.8. The Labute approximate surface area is 157 Å². The quantitative estimate of drug-likeness (QED) is 0.768. The summed E-state index contributed by atoms with van der Waals surface area (Å²) in [5.41, 5.74) is 0.621. The molecule has 146 valence electrons. The molecular formula is C19H24N2O6. The number of carbonyl (C=O) groups excluding carboxylic acids is 3. The van der Waals surface area contributed by atoms with Crippen LogP contribution in [0.15, 0.2) is 30.5 Å². The predicted molar refractivity (Wildman–Crippen MR) is 98.3 cm³/mol. The Bertz CT molecular complexity index is 849. The number of nitrogens with zero attached hydrogens (tertiary/aromatic N) is 1. The van der Waals surface area contributed by atoms with Crippen LogP contribution in [0.5, 0.6) is 0 Å². The molecule has 2 N–H and O–H groups in total. The summed E-state index contributed by atoms with van der Waals surface area (Å²) >= 11 is 0. The van der Waals surface area contributed by atoms with Crippen LogP contribution in [-0.2, 0) is 25.5 Å². The summed E-state index contributed by atoms with van der Waals surface area (Å²) in [5, 5.41) is 12.1. The molecule has 8 heteroatoms. The van der Waals surface area contributed by atoms with Gasteiger partial charge in [0.1, 0.15) is 18.2 Å². The van der Waals surface area contributed by atoms with Crippen molar-refractivity contribution in [1.29, 1.82) is 0 Å². The molecule has 0 aliphatic rings. The molecule has 1 atom stereocenters. The van der Waals surface area contributed by atoms with Crippen molar-refractivity contribution in [1.82, 2.24) is 9.88 Å². The van der Waals surface area contributed by atoms with Gasteiger partial charge in [0.15, 0.2) is 0 Å². The maximum absolute atomic E-state index is 12.5. The van der Waals surface area contributed by atoms with Gasteiger partial charge in [-0.3, -0.25) is 9.36 Å². The SMILES string of the molecule is COC(=O)[C@H](Cc1cn(C(=O)OC(C)(C)C)c2ccccc12)NC(=O)CO. The number of amides is 1. The number of hydrogen-bond acceptors (Lipinski definition) is 6. The van der Waals surface area contributed by atoms with E-state index in [1.165, 1.54) is 11.7 Å². The van der Waals surface area contributed by atoms with Gasteiger partial charge in [-0.05, 0) is 32.4 Å². The first-order valence-corrected chi connectivity index (χ1v) is 8.46. The van der Waals surface area contributed by atoms with E-state index in [0.717, 1.165) is 5.39 Å². The van der Waals surface area contributed by atoms with Gasteiger partial charge in [0, 0.05) is 18.0 Å². The Morgan fingerprint density at radius 2 is 1.89 bits per heavy atom. The van der Waals surface area contributed by atoms with Gasteiger partial charge < -0.3 is 19.9 Å². The van der Waals surface area contributed by atoms with Gasteiger partial charge in [0.2, 0.25) is 5.91 Å². The molecule has 1 heterocycles. The number of esters is 1. The van der Waals surface area contributed by atoms with E-state index in [4.69, 9.17) is 14.6 Å². The van der Waals surface area contributed by atoms with Gasteiger partial charge in [-0.1, -0.05) is 18.2 Å². The van der Waals surface area contributed by atoms with Crippen molar-refractivity contribution in [2.45, 2.75) is 38.8 Å². The van der Waals surface area contributed by atoms with Crippen LogP contribution in [0.4, 0.5) is 4.79 Å². The predicted octanol–water partition coefficient (Wildman–Crippen LogP) is 1.62. The molecule has 27 heavy (non-hydrogen) atoms. The Hall–Kier alpha value is -2.87. The third-order valence-electron chi connectivity index (χ3n) is 3.77. The molecule has 0 unspecified atom stereocenters. The fourth-order valence-corrected chi connectivity index (χ4v) is 2.67. The number of hydrogen-bond donors (Lipinski definition) is 2. The third kappa shape index (κ3) is 5.07. The van der Waals surface area contributed by atoms with Crippen molar-refractivity contribution in [3.63, 3.8) is 0 Å². The number of methoxy groups -OCH3 is 1. The lowest BCUT2D eigenvalue weighted by atomic mass is 10.0. The highest BCUT2D eigenvalue weighted by Crippen LogP contribution is 2.24. The number of nitrogens with one attached hydrogen (secondary N) is 1. The fourth-order valence-electron chi connectivity index (χ4n) is 2.67. The highest BCUT2D eigenvalue weighted by molar-refractivity contribution is 5.93. The van der Waals surface area contributed by atoms with E-state index in [1.54, 1.807) is 39.1 Å². The van der Waals surface area contributed by atoms with E-state index in [-0.39, 0.29) is 6.42 Å². The summed E-state index contributed by atoms with van der Waals surface area (Å²) in [7, 11) is 1.21. The van der Waals surface area contributed by atoms with Crippen molar-refractivity contribution in [2.75, 3.05) is 13.7 Å². The smallest absolute Gasteiger partial charge is 0.419 e. The summed E-state index contributed by atoms with van der Waals surface area (Å²) in [6.45, 7) is 4.58. The second-order valence-corrected chi connectivity index (χ2v) is 7.03. The first-order chi connectivity index (χ1) is 12.7. The molecule has 8 nitrogen and oxygen atoms in total. The number of aromatic nitrogens is 1. The highest BCUT2D eigenvalue weighted by atomic mass is 16.6. The number of aliphatic hydroxyl groups excluding tert-OH is 1. The summed E-state index contributed by atoms with van der Waals surface area (Å²) in [5.74, 6) is -1.34. The van der Waals surface area contributed by atoms with Crippen LogP contribution >= 0.6 is 0 Å². The van der Waals surface area contributed by atoms with Gasteiger partial charge in [-0.2, -0.15) is 0 Å². The summed E-state index contributed by atoms with van der Waals surface area (Å²) in [6, 6.07) is 6.19. The van der Waals surface area contributed by atoms with E-state index < -0.39 is 36.2 Å². The van der Waals surface area contributed by atoms with Crippen LogP contribution in [0, 0.1) is 0 Å². The lowest BCUT2D eigenvalue weighted by Gasteiger charge is -2.19. The van der Waals surface area contributed by atoms with E-state index in [1.807, 2.05) is 12.1 Å². The van der Waals surface area contributed by atoms with E-state index >= 15 is 0 Å². The van der Waals surface area contributed by atoms with E-state index in [2.05, 4.69) is 5.32 Å². The monoisotopic (exact) mass is 376 g/mol. The van der Waals surface area contributed by atoms with Crippen LogP contribution < -0.4 is 5.32 Å². The van der Waals surface area contributed by atoms with Crippen molar-refractivity contribution >= 4 is 28.9 Å². The molecule has 0 saturated heterocycles. The number of rotatable bonds is 5. The van der Waals surface area contributed by atoms with Gasteiger partial charge in [0.25, 0.3) is 0 Å². The Kier molecular flexibility index (Phi) is 6.22. The Morgan fingerprint density at radius 1 is 1.22 bits per heavy atom. The summed E-state index contributed by atoms with van der Waals surface area (Å²) in [6.07, 6.45) is 1.13. The first-order valence-electron chi connectivity index (χ1n) is 8.46. The molecule has 0 aliphatic heterocycles. The lowest BCUT2D eigenvalue weighted by Crippen LogP contribution is -2.44.